The van der Waals surface area contributed by atoms with Gasteiger partial charge in [0, 0.05) is 29.2 Å². The Kier molecular flexibility index (Phi) is 5.42. The van der Waals surface area contributed by atoms with Crippen molar-refractivity contribution in [1.82, 2.24) is 20.3 Å². The second-order valence-corrected chi connectivity index (χ2v) is 7.25. The number of aromatic nitrogens is 3. The van der Waals surface area contributed by atoms with Gasteiger partial charge in [-0.1, -0.05) is 34.1 Å². The van der Waals surface area contributed by atoms with Gasteiger partial charge < -0.3 is 5.32 Å². The molecule has 2 heterocycles. The van der Waals surface area contributed by atoms with E-state index in [0.29, 0.717) is 0 Å². The summed E-state index contributed by atoms with van der Waals surface area (Å²) in [6.45, 7) is 10.8. The molecule has 0 aromatic carbocycles. The molecule has 0 bridgehead atoms. The van der Waals surface area contributed by atoms with Crippen molar-refractivity contribution in [1.29, 1.82) is 0 Å². The monoisotopic (exact) mass is 304 g/mol. The van der Waals surface area contributed by atoms with E-state index < -0.39 is 0 Å². The SMILES string of the molecule is CCCCNCc1sc(-c2cnccn2)nc1C(C)(C)C. The van der Waals surface area contributed by atoms with Gasteiger partial charge in [-0.2, -0.15) is 0 Å². The molecule has 0 aliphatic heterocycles. The average molecular weight is 304 g/mol. The molecule has 0 amide bonds. The van der Waals surface area contributed by atoms with Crippen molar-refractivity contribution in [2.75, 3.05) is 6.54 Å². The number of nitrogens with zero attached hydrogens (tertiary/aromatic N) is 3. The standard InChI is InChI=1S/C16H24N4S/c1-5-6-7-17-11-13-14(16(2,3)4)20-15(21-13)12-10-18-8-9-19-12/h8-10,17H,5-7,11H2,1-4H3. The molecule has 21 heavy (non-hydrogen) atoms. The molecule has 2 aromatic heterocycles. The lowest BCUT2D eigenvalue weighted by Crippen LogP contribution is -2.19. The van der Waals surface area contributed by atoms with Gasteiger partial charge in [-0.25, -0.2) is 4.98 Å². The average Bonchev–Trinajstić information content (AvgIpc) is 2.89. The quantitative estimate of drug-likeness (QED) is 0.825. The van der Waals surface area contributed by atoms with Crippen LogP contribution in [0.5, 0.6) is 0 Å². The summed E-state index contributed by atoms with van der Waals surface area (Å²) in [6, 6.07) is 0. The molecule has 4 nitrogen and oxygen atoms in total. The molecule has 0 fully saturated rings. The Balaban J connectivity index is 2.23. The van der Waals surface area contributed by atoms with Crippen LogP contribution in [0.3, 0.4) is 0 Å². The van der Waals surface area contributed by atoms with Gasteiger partial charge in [0.05, 0.1) is 11.9 Å². The van der Waals surface area contributed by atoms with E-state index in [1.807, 2.05) is 0 Å². The number of thiazole rings is 1. The van der Waals surface area contributed by atoms with Crippen molar-refractivity contribution in [3.05, 3.63) is 29.2 Å². The number of hydrogen-bond acceptors (Lipinski definition) is 5. The lowest BCUT2D eigenvalue weighted by atomic mass is 9.91. The van der Waals surface area contributed by atoms with Gasteiger partial charge in [0.25, 0.3) is 0 Å². The Labute approximate surface area is 131 Å². The van der Waals surface area contributed by atoms with Crippen molar-refractivity contribution in [3.63, 3.8) is 0 Å². The summed E-state index contributed by atoms with van der Waals surface area (Å²) < 4.78 is 0. The van der Waals surface area contributed by atoms with Gasteiger partial charge in [-0.3, -0.25) is 9.97 Å². The fourth-order valence-corrected chi connectivity index (χ4v) is 3.28. The molecule has 0 saturated heterocycles. The van der Waals surface area contributed by atoms with Crippen LogP contribution in [0.15, 0.2) is 18.6 Å². The maximum Gasteiger partial charge on any atom is 0.144 e. The zero-order chi connectivity index (χ0) is 15.3. The first kappa shape index (κ1) is 16.0. The lowest BCUT2D eigenvalue weighted by molar-refractivity contribution is 0.557. The first-order valence-corrected chi connectivity index (χ1v) is 8.31. The van der Waals surface area contributed by atoms with Gasteiger partial charge in [0.1, 0.15) is 10.7 Å². The predicted octanol–water partition coefficient (Wildman–Crippen LogP) is 3.79. The lowest BCUT2D eigenvalue weighted by Gasteiger charge is -2.17. The number of rotatable bonds is 6. The molecular weight excluding hydrogens is 280 g/mol. The minimum absolute atomic E-state index is 0.0404. The Morgan fingerprint density at radius 3 is 2.67 bits per heavy atom. The Morgan fingerprint density at radius 1 is 1.24 bits per heavy atom. The topological polar surface area (TPSA) is 50.7 Å². The van der Waals surface area contributed by atoms with Gasteiger partial charge >= 0.3 is 0 Å². The Morgan fingerprint density at radius 2 is 2.05 bits per heavy atom. The molecule has 114 valence electrons. The number of unbranched alkanes of at least 4 members (excludes halogenated alkanes) is 1. The summed E-state index contributed by atoms with van der Waals surface area (Å²) in [6.07, 6.45) is 7.61. The van der Waals surface area contributed by atoms with Crippen molar-refractivity contribution < 1.29 is 0 Å². The van der Waals surface area contributed by atoms with Crippen LogP contribution in [0.1, 0.15) is 51.1 Å². The van der Waals surface area contributed by atoms with E-state index in [0.717, 1.165) is 29.5 Å². The maximum absolute atomic E-state index is 4.83. The van der Waals surface area contributed by atoms with Gasteiger partial charge in [0.15, 0.2) is 0 Å². The molecule has 0 spiro atoms. The van der Waals surface area contributed by atoms with E-state index in [9.17, 15) is 0 Å². The van der Waals surface area contributed by atoms with Crippen molar-refractivity contribution >= 4 is 11.3 Å². The number of nitrogens with one attached hydrogen (secondary N) is 1. The molecule has 0 aliphatic carbocycles. The van der Waals surface area contributed by atoms with Crippen LogP contribution in [0.2, 0.25) is 0 Å². The highest BCUT2D eigenvalue weighted by Gasteiger charge is 2.23. The van der Waals surface area contributed by atoms with Crippen LogP contribution < -0.4 is 5.32 Å². The van der Waals surface area contributed by atoms with E-state index >= 15 is 0 Å². The maximum atomic E-state index is 4.83. The Hall–Kier alpha value is -1.33. The van der Waals surface area contributed by atoms with Crippen molar-refractivity contribution in [3.8, 4) is 10.7 Å². The summed E-state index contributed by atoms with van der Waals surface area (Å²) in [4.78, 5) is 14.6. The third-order valence-electron chi connectivity index (χ3n) is 3.18. The van der Waals surface area contributed by atoms with Crippen LogP contribution in [0.25, 0.3) is 10.7 Å². The fraction of sp³-hybridized carbons (Fsp3) is 0.562. The zero-order valence-electron chi connectivity index (χ0n) is 13.3. The molecular formula is C16H24N4S. The van der Waals surface area contributed by atoms with Crippen LogP contribution >= 0.6 is 11.3 Å². The Bertz CT molecular complexity index is 557. The third kappa shape index (κ3) is 4.32. The molecule has 0 unspecified atom stereocenters. The molecule has 0 aliphatic rings. The van der Waals surface area contributed by atoms with Gasteiger partial charge in [0.2, 0.25) is 0 Å². The second kappa shape index (κ2) is 7.09. The van der Waals surface area contributed by atoms with E-state index in [4.69, 9.17) is 4.98 Å². The highest BCUT2D eigenvalue weighted by atomic mass is 32.1. The summed E-state index contributed by atoms with van der Waals surface area (Å²) in [5, 5.41) is 4.47. The minimum atomic E-state index is 0.0404. The van der Waals surface area contributed by atoms with Gasteiger partial charge in [-0.05, 0) is 13.0 Å². The summed E-state index contributed by atoms with van der Waals surface area (Å²) in [5.74, 6) is 0. The highest BCUT2D eigenvalue weighted by Crippen LogP contribution is 2.33. The van der Waals surface area contributed by atoms with Crippen molar-refractivity contribution in [2.45, 2.75) is 52.5 Å². The fourth-order valence-electron chi connectivity index (χ4n) is 2.08. The van der Waals surface area contributed by atoms with Crippen molar-refractivity contribution in [2.24, 2.45) is 0 Å². The third-order valence-corrected chi connectivity index (χ3v) is 4.26. The molecule has 2 rings (SSSR count). The van der Waals surface area contributed by atoms with E-state index in [1.165, 1.54) is 17.7 Å². The summed E-state index contributed by atoms with van der Waals surface area (Å²) in [5.41, 5.74) is 2.06. The zero-order valence-corrected chi connectivity index (χ0v) is 14.1. The highest BCUT2D eigenvalue weighted by molar-refractivity contribution is 7.15. The molecule has 1 N–H and O–H groups in total. The molecule has 0 saturated carbocycles. The second-order valence-electron chi connectivity index (χ2n) is 6.16. The van der Waals surface area contributed by atoms with Crippen LogP contribution in [0, 0.1) is 0 Å². The first-order valence-electron chi connectivity index (χ1n) is 7.49. The van der Waals surface area contributed by atoms with E-state index in [2.05, 4.69) is 43.0 Å². The van der Waals surface area contributed by atoms with Gasteiger partial charge in [-0.15, -0.1) is 11.3 Å². The van der Waals surface area contributed by atoms with Crippen LogP contribution in [-0.2, 0) is 12.0 Å². The van der Waals surface area contributed by atoms with E-state index in [-0.39, 0.29) is 5.41 Å². The molecule has 0 atom stereocenters. The van der Waals surface area contributed by atoms with E-state index in [1.54, 1.807) is 29.9 Å². The summed E-state index contributed by atoms with van der Waals surface area (Å²) in [7, 11) is 0. The predicted molar refractivity (Wildman–Crippen MR) is 88.5 cm³/mol. The normalized spacial score (nSPS) is 11.8. The van der Waals surface area contributed by atoms with Crippen LogP contribution in [0.4, 0.5) is 0 Å². The smallest absolute Gasteiger partial charge is 0.144 e. The molecule has 5 heteroatoms. The largest absolute Gasteiger partial charge is 0.312 e. The first-order chi connectivity index (χ1) is 10.0. The molecule has 0 radical (unpaired) electrons. The summed E-state index contributed by atoms with van der Waals surface area (Å²) >= 11 is 1.72. The minimum Gasteiger partial charge on any atom is -0.312 e. The van der Waals surface area contributed by atoms with Crippen LogP contribution in [-0.4, -0.2) is 21.5 Å². The number of hydrogen-bond donors (Lipinski definition) is 1. The molecule has 2 aromatic rings.